The van der Waals surface area contributed by atoms with Crippen LogP contribution in [0.3, 0.4) is 0 Å². The van der Waals surface area contributed by atoms with E-state index >= 15 is 0 Å². The maximum atomic E-state index is 11.5. The van der Waals surface area contributed by atoms with Crippen molar-refractivity contribution in [3.8, 4) is 16.9 Å². The summed E-state index contributed by atoms with van der Waals surface area (Å²) >= 11 is 0. The van der Waals surface area contributed by atoms with Crippen molar-refractivity contribution in [2.24, 2.45) is 0 Å². The number of hydrogen-bond acceptors (Lipinski definition) is 4. The van der Waals surface area contributed by atoms with Crippen LogP contribution in [0.25, 0.3) is 16.8 Å². The summed E-state index contributed by atoms with van der Waals surface area (Å²) in [4.78, 5) is 15.9. The van der Waals surface area contributed by atoms with E-state index in [1.807, 2.05) is 45.9 Å². The summed E-state index contributed by atoms with van der Waals surface area (Å²) < 4.78 is 7.27. The molecule has 130 valence electrons. The van der Waals surface area contributed by atoms with Crippen LogP contribution in [0.5, 0.6) is 5.75 Å². The van der Waals surface area contributed by atoms with Gasteiger partial charge in [-0.2, -0.15) is 5.10 Å². The fourth-order valence-corrected chi connectivity index (χ4v) is 3.09. The monoisotopic (exact) mass is 339 g/mol. The van der Waals surface area contributed by atoms with Crippen LogP contribution < -0.4 is 4.74 Å². The minimum atomic E-state index is -1.05. The second kappa shape index (κ2) is 6.20. The third kappa shape index (κ3) is 2.73. The van der Waals surface area contributed by atoms with E-state index in [1.165, 1.54) is 0 Å². The van der Waals surface area contributed by atoms with E-state index in [1.54, 1.807) is 17.7 Å². The topological polar surface area (TPSA) is 76.7 Å². The van der Waals surface area contributed by atoms with E-state index in [2.05, 4.69) is 10.1 Å². The lowest BCUT2D eigenvalue weighted by Crippen LogP contribution is -2.09. The Labute approximate surface area is 146 Å². The second-order valence-corrected chi connectivity index (χ2v) is 6.37. The molecule has 1 N–H and O–H groups in total. The predicted molar refractivity (Wildman–Crippen MR) is 95.5 cm³/mol. The van der Waals surface area contributed by atoms with Crippen molar-refractivity contribution in [3.63, 3.8) is 0 Å². The third-order valence-corrected chi connectivity index (χ3v) is 4.31. The smallest absolute Gasteiger partial charge is 0.354 e. The van der Waals surface area contributed by atoms with Crippen molar-refractivity contribution >= 4 is 11.6 Å². The number of hydrogen-bond donors (Lipinski definition) is 1. The van der Waals surface area contributed by atoms with Gasteiger partial charge in [0.2, 0.25) is 0 Å². The molecule has 2 heterocycles. The van der Waals surface area contributed by atoms with Gasteiger partial charge in [0.25, 0.3) is 0 Å². The lowest BCUT2D eigenvalue weighted by molar-refractivity contribution is 0.0690. The Morgan fingerprint density at radius 3 is 2.56 bits per heavy atom. The van der Waals surface area contributed by atoms with Crippen molar-refractivity contribution in [1.29, 1.82) is 0 Å². The summed E-state index contributed by atoms with van der Waals surface area (Å²) in [6.45, 7) is 7.91. The molecule has 1 aromatic carbocycles. The van der Waals surface area contributed by atoms with Crippen LogP contribution in [0.4, 0.5) is 0 Å². The van der Waals surface area contributed by atoms with Gasteiger partial charge in [-0.25, -0.2) is 14.3 Å². The fraction of sp³-hybridized carbons (Fsp3) is 0.316. The van der Waals surface area contributed by atoms with Gasteiger partial charge >= 0.3 is 5.97 Å². The van der Waals surface area contributed by atoms with Crippen LogP contribution in [0.2, 0.25) is 0 Å². The molecular weight excluding hydrogens is 318 g/mol. The van der Waals surface area contributed by atoms with Crippen molar-refractivity contribution in [2.75, 3.05) is 7.11 Å². The molecule has 0 atom stereocenters. The van der Waals surface area contributed by atoms with Crippen LogP contribution in [-0.2, 0) is 0 Å². The van der Waals surface area contributed by atoms with E-state index in [4.69, 9.17) is 4.74 Å². The molecule has 0 radical (unpaired) electrons. The molecule has 25 heavy (non-hydrogen) atoms. The van der Waals surface area contributed by atoms with Gasteiger partial charge in [0.05, 0.1) is 18.4 Å². The van der Waals surface area contributed by atoms with Gasteiger partial charge in [-0.1, -0.05) is 26.0 Å². The molecule has 0 amide bonds. The molecule has 0 aliphatic heterocycles. The Morgan fingerprint density at radius 1 is 1.24 bits per heavy atom. The summed E-state index contributed by atoms with van der Waals surface area (Å²) in [6.07, 6.45) is 0. The van der Waals surface area contributed by atoms with Gasteiger partial charge < -0.3 is 9.84 Å². The average molecular weight is 339 g/mol. The zero-order valence-corrected chi connectivity index (χ0v) is 15.0. The molecular formula is C19H21N3O3. The Balaban J connectivity index is 2.45. The Morgan fingerprint density at radius 2 is 1.96 bits per heavy atom. The maximum absolute atomic E-state index is 11.5. The molecule has 6 heteroatoms. The van der Waals surface area contributed by atoms with Gasteiger partial charge in [0.1, 0.15) is 5.75 Å². The highest BCUT2D eigenvalue weighted by Gasteiger charge is 2.23. The first-order chi connectivity index (χ1) is 11.8. The lowest BCUT2D eigenvalue weighted by Gasteiger charge is -2.12. The van der Waals surface area contributed by atoms with Gasteiger partial charge in [0, 0.05) is 11.3 Å². The number of carboxylic acids is 1. The quantitative estimate of drug-likeness (QED) is 0.781. The van der Waals surface area contributed by atoms with Crippen molar-refractivity contribution in [2.45, 2.75) is 33.6 Å². The van der Waals surface area contributed by atoms with E-state index in [0.717, 1.165) is 28.1 Å². The van der Waals surface area contributed by atoms with E-state index in [0.29, 0.717) is 11.4 Å². The zero-order chi connectivity index (χ0) is 18.3. The van der Waals surface area contributed by atoms with Crippen LogP contribution in [0, 0.1) is 13.8 Å². The lowest BCUT2D eigenvalue weighted by atomic mass is 9.99. The summed E-state index contributed by atoms with van der Waals surface area (Å²) in [7, 11) is 1.62. The van der Waals surface area contributed by atoms with Crippen molar-refractivity contribution in [1.82, 2.24) is 14.6 Å². The molecule has 3 rings (SSSR count). The molecule has 0 saturated heterocycles. The molecule has 3 aromatic rings. The number of aromatic carboxylic acids is 1. The van der Waals surface area contributed by atoms with Gasteiger partial charge in [-0.15, -0.1) is 0 Å². The number of nitrogens with zero attached hydrogens (tertiary/aromatic N) is 3. The predicted octanol–water partition coefficient (Wildman–Crippen LogP) is 3.84. The molecule has 0 aliphatic rings. The summed E-state index contributed by atoms with van der Waals surface area (Å²) in [6, 6.07) is 7.39. The Kier molecular flexibility index (Phi) is 4.20. The first-order valence-corrected chi connectivity index (χ1v) is 8.12. The number of aryl methyl sites for hydroxylation is 2. The second-order valence-electron chi connectivity index (χ2n) is 6.37. The summed E-state index contributed by atoms with van der Waals surface area (Å²) in [5.41, 5.74) is 4.86. The average Bonchev–Trinajstić information content (AvgIpc) is 2.89. The Hall–Kier alpha value is -2.89. The van der Waals surface area contributed by atoms with Gasteiger partial charge in [-0.05, 0) is 37.5 Å². The maximum Gasteiger partial charge on any atom is 0.354 e. The van der Waals surface area contributed by atoms with E-state index in [9.17, 15) is 9.90 Å². The van der Waals surface area contributed by atoms with Crippen LogP contribution in [0.1, 0.15) is 47.2 Å². The van der Waals surface area contributed by atoms with Crippen molar-refractivity contribution in [3.05, 3.63) is 46.9 Å². The Bertz CT molecular complexity index is 974. The molecule has 0 unspecified atom stereocenters. The van der Waals surface area contributed by atoms with E-state index in [-0.39, 0.29) is 11.6 Å². The summed E-state index contributed by atoms with van der Waals surface area (Å²) in [5.74, 6) is -0.230. The van der Waals surface area contributed by atoms with Crippen LogP contribution >= 0.6 is 0 Å². The highest BCUT2D eigenvalue weighted by Crippen LogP contribution is 2.38. The minimum absolute atomic E-state index is 0.0184. The summed E-state index contributed by atoms with van der Waals surface area (Å²) in [5, 5.41) is 14.1. The number of carboxylic acid groups (broad SMARTS) is 1. The number of benzene rings is 1. The highest BCUT2D eigenvalue weighted by atomic mass is 16.5. The van der Waals surface area contributed by atoms with E-state index < -0.39 is 5.97 Å². The number of aromatic nitrogens is 3. The molecule has 0 bridgehead atoms. The molecule has 0 saturated carbocycles. The molecule has 2 aromatic heterocycles. The minimum Gasteiger partial charge on any atom is -0.496 e. The normalized spacial score (nSPS) is 11.3. The number of fused-ring (bicyclic) bond motifs is 1. The number of ether oxygens (including phenoxy) is 1. The first kappa shape index (κ1) is 17.0. The van der Waals surface area contributed by atoms with Crippen molar-refractivity contribution < 1.29 is 14.6 Å². The van der Waals surface area contributed by atoms with Gasteiger partial charge in [0.15, 0.2) is 11.3 Å². The van der Waals surface area contributed by atoms with Crippen LogP contribution in [-0.4, -0.2) is 32.8 Å². The molecule has 0 spiro atoms. The molecule has 6 nitrogen and oxygen atoms in total. The van der Waals surface area contributed by atoms with Crippen LogP contribution in [0.15, 0.2) is 24.3 Å². The first-order valence-electron chi connectivity index (χ1n) is 8.12. The highest BCUT2D eigenvalue weighted by molar-refractivity contribution is 5.90. The SMILES string of the molecule is COc1cccc(C)c1-c1c(C)nn2c(C(C)C)cc(C(=O)O)nc12. The van der Waals surface area contributed by atoms with Gasteiger partial charge in [-0.3, -0.25) is 0 Å². The number of rotatable bonds is 4. The molecule has 0 fully saturated rings. The third-order valence-electron chi connectivity index (χ3n) is 4.31. The number of carbonyl (C=O) groups is 1. The molecule has 0 aliphatic carbocycles. The zero-order valence-electron chi connectivity index (χ0n) is 15.0. The standard InChI is InChI=1S/C19H21N3O3/c1-10(2)14-9-13(19(23)24)20-18-17(12(4)21-22(14)18)16-11(3)7-6-8-15(16)25-5/h6-10H,1-5H3,(H,23,24). The fourth-order valence-electron chi connectivity index (χ4n) is 3.09. The largest absolute Gasteiger partial charge is 0.496 e. The number of methoxy groups -OCH3 is 1.